The van der Waals surface area contributed by atoms with Crippen molar-refractivity contribution < 1.29 is 4.39 Å². The summed E-state index contributed by atoms with van der Waals surface area (Å²) in [6.45, 7) is 1.99. The Morgan fingerprint density at radius 3 is 2.67 bits per heavy atom. The predicted molar refractivity (Wildman–Crippen MR) is 65.6 cm³/mol. The SMILES string of the molecule is CCc1nc2nccc(-c3ccc(F)cc3)n2n1. The van der Waals surface area contributed by atoms with E-state index >= 15 is 0 Å². The molecule has 0 amide bonds. The molecule has 0 unspecified atom stereocenters. The molecule has 4 nitrogen and oxygen atoms in total. The van der Waals surface area contributed by atoms with Gasteiger partial charge in [0.15, 0.2) is 5.82 Å². The molecular formula is C13H11FN4. The highest BCUT2D eigenvalue weighted by Crippen LogP contribution is 2.19. The smallest absolute Gasteiger partial charge is 0.220 e. The molecule has 0 spiro atoms. The molecule has 90 valence electrons. The highest BCUT2D eigenvalue weighted by atomic mass is 19.1. The van der Waals surface area contributed by atoms with Gasteiger partial charge in [0.1, 0.15) is 5.82 Å². The Bertz CT molecular complexity index is 688. The second kappa shape index (κ2) is 4.18. The number of rotatable bonds is 2. The van der Waals surface area contributed by atoms with Crippen molar-refractivity contribution in [3.05, 3.63) is 48.2 Å². The molecule has 0 bridgehead atoms. The molecule has 0 fully saturated rings. The van der Waals surface area contributed by atoms with Crippen LogP contribution in [0.3, 0.4) is 0 Å². The zero-order valence-corrected chi connectivity index (χ0v) is 9.84. The Kier molecular flexibility index (Phi) is 2.51. The van der Waals surface area contributed by atoms with E-state index in [4.69, 9.17) is 0 Å². The van der Waals surface area contributed by atoms with Crippen LogP contribution in [0.2, 0.25) is 0 Å². The molecular weight excluding hydrogens is 231 g/mol. The Hall–Kier alpha value is -2.30. The van der Waals surface area contributed by atoms with Crippen molar-refractivity contribution >= 4 is 5.78 Å². The molecule has 2 heterocycles. The largest absolute Gasteiger partial charge is 0.252 e. The van der Waals surface area contributed by atoms with E-state index in [9.17, 15) is 4.39 Å². The van der Waals surface area contributed by atoms with E-state index in [2.05, 4.69) is 15.1 Å². The monoisotopic (exact) mass is 242 g/mol. The van der Waals surface area contributed by atoms with Crippen LogP contribution in [-0.2, 0) is 6.42 Å². The van der Waals surface area contributed by atoms with Gasteiger partial charge in [-0.15, -0.1) is 5.10 Å². The molecule has 0 aliphatic carbocycles. The van der Waals surface area contributed by atoms with Gasteiger partial charge >= 0.3 is 0 Å². The van der Waals surface area contributed by atoms with Crippen molar-refractivity contribution in [2.24, 2.45) is 0 Å². The standard InChI is InChI=1S/C13H11FN4/c1-2-12-16-13-15-8-7-11(18(13)17-12)9-3-5-10(14)6-4-9/h3-8H,2H2,1H3. The lowest BCUT2D eigenvalue weighted by atomic mass is 10.1. The second-order valence-electron chi connectivity index (χ2n) is 3.93. The van der Waals surface area contributed by atoms with Gasteiger partial charge in [0, 0.05) is 18.2 Å². The zero-order chi connectivity index (χ0) is 12.5. The molecule has 0 N–H and O–H groups in total. The maximum Gasteiger partial charge on any atom is 0.252 e. The molecule has 0 atom stereocenters. The number of halogens is 1. The van der Waals surface area contributed by atoms with Crippen molar-refractivity contribution in [2.75, 3.05) is 0 Å². The lowest BCUT2D eigenvalue weighted by Gasteiger charge is -2.03. The van der Waals surface area contributed by atoms with Crippen molar-refractivity contribution in [3.8, 4) is 11.3 Å². The lowest BCUT2D eigenvalue weighted by Crippen LogP contribution is -1.96. The number of hydrogen-bond acceptors (Lipinski definition) is 3. The topological polar surface area (TPSA) is 43.1 Å². The highest BCUT2D eigenvalue weighted by Gasteiger charge is 2.08. The normalized spacial score (nSPS) is 11.0. The molecule has 3 rings (SSSR count). The molecule has 2 aromatic heterocycles. The maximum absolute atomic E-state index is 12.9. The van der Waals surface area contributed by atoms with Crippen LogP contribution in [0.25, 0.3) is 17.0 Å². The molecule has 0 aliphatic heterocycles. The fourth-order valence-electron chi connectivity index (χ4n) is 1.82. The van der Waals surface area contributed by atoms with Crippen LogP contribution < -0.4 is 0 Å². The summed E-state index contributed by atoms with van der Waals surface area (Å²) in [5.41, 5.74) is 1.74. The van der Waals surface area contributed by atoms with Crippen LogP contribution >= 0.6 is 0 Å². The van der Waals surface area contributed by atoms with E-state index in [0.717, 1.165) is 23.5 Å². The maximum atomic E-state index is 12.9. The van der Waals surface area contributed by atoms with E-state index in [1.165, 1.54) is 12.1 Å². The lowest BCUT2D eigenvalue weighted by molar-refractivity contribution is 0.628. The van der Waals surface area contributed by atoms with Gasteiger partial charge in [0.05, 0.1) is 5.69 Å². The minimum absolute atomic E-state index is 0.253. The first-order valence-corrected chi connectivity index (χ1v) is 5.74. The average Bonchev–Trinajstić information content (AvgIpc) is 2.82. The summed E-state index contributed by atoms with van der Waals surface area (Å²) in [7, 11) is 0. The average molecular weight is 242 g/mol. The van der Waals surface area contributed by atoms with E-state index in [-0.39, 0.29) is 5.82 Å². The Labute approximate surface area is 103 Å². The molecule has 1 aromatic carbocycles. The summed E-state index contributed by atoms with van der Waals surface area (Å²) < 4.78 is 14.6. The van der Waals surface area contributed by atoms with Gasteiger partial charge in [-0.05, 0) is 30.3 Å². The van der Waals surface area contributed by atoms with Gasteiger partial charge in [-0.25, -0.2) is 9.37 Å². The van der Waals surface area contributed by atoms with Crippen molar-refractivity contribution in [3.63, 3.8) is 0 Å². The minimum Gasteiger partial charge on any atom is -0.220 e. The summed E-state index contributed by atoms with van der Waals surface area (Å²) in [4.78, 5) is 8.47. The van der Waals surface area contributed by atoms with Crippen LogP contribution in [0.5, 0.6) is 0 Å². The molecule has 5 heteroatoms. The highest BCUT2D eigenvalue weighted by molar-refractivity contribution is 5.61. The predicted octanol–water partition coefficient (Wildman–Crippen LogP) is 2.49. The van der Waals surface area contributed by atoms with Crippen molar-refractivity contribution in [1.29, 1.82) is 0 Å². The third-order valence-electron chi connectivity index (χ3n) is 2.74. The van der Waals surface area contributed by atoms with Gasteiger partial charge < -0.3 is 0 Å². The number of fused-ring (bicyclic) bond motifs is 1. The molecule has 0 radical (unpaired) electrons. The minimum atomic E-state index is -0.253. The summed E-state index contributed by atoms with van der Waals surface area (Å²) in [5.74, 6) is 1.06. The van der Waals surface area contributed by atoms with Gasteiger partial charge in [-0.1, -0.05) is 6.92 Å². The quantitative estimate of drug-likeness (QED) is 0.693. The number of nitrogens with zero attached hydrogens (tertiary/aromatic N) is 4. The van der Waals surface area contributed by atoms with Crippen LogP contribution in [0.1, 0.15) is 12.7 Å². The first-order chi connectivity index (χ1) is 8.78. The third-order valence-corrected chi connectivity index (χ3v) is 2.74. The van der Waals surface area contributed by atoms with Gasteiger partial charge in [-0.3, -0.25) is 0 Å². The van der Waals surface area contributed by atoms with Crippen molar-refractivity contribution in [1.82, 2.24) is 19.6 Å². The molecule has 0 saturated carbocycles. The Balaban J connectivity index is 2.22. The van der Waals surface area contributed by atoms with Crippen LogP contribution in [0.15, 0.2) is 36.5 Å². The first kappa shape index (κ1) is 10.8. The van der Waals surface area contributed by atoms with Crippen LogP contribution in [0, 0.1) is 5.82 Å². The summed E-state index contributed by atoms with van der Waals surface area (Å²) in [6, 6.07) is 8.14. The second-order valence-corrected chi connectivity index (χ2v) is 3.93. The van der Waals surface area contributed by atoms with Crippen molar-refractivity contribution in [2.45, 2.75) is 13.3 Å². The third kappa shape index (κ3) is 1.73. The molecule has 0 aliphatic rings. The van der Waals surface area contributed by atoms with E-state index < -0.39 is 0 Å². The fraction of sp³-hybridized carbons (Fsp3) is 0.154. The van der Waals surface area contributed by atoms with Gasteiger partial charge in [0.25, 0.3) is 5.78 Å². The Morgan fingerprint density at radius 1 is 1.17 bits per heavy atom. The molecule has 18 heavy (non-hydrogen) atoms. The number of aromatic nitrogens is 4. The first-order valence-electron chi connectivity index (χ1n) is 5.74. The number of aryl methyl sites for hydroxylation is 1. The molecule has 0 saturated heterocycles. The fourth-order valence-corrected chi connectivity index (χ4v) is 1.82. The van der Waals surface area contributed by atoms with Crippen LogP contribution in [-0.4, -0.2) is 19.6 Å². The van der Waals surface area contributed by atoms with Crippen LogP contribution in [0.4, 0.5) is 4.39 Å². The molecule has 3 aromatic rings. The summed E-state index contributed by atoms with van der Waals surface area (Å²) >= 11 is 0. The Morgan fingerprint density at radius 2 is 1.94 bits per heavy atom. The number of benzene rings is 1. The van der Waals surface area contributed by atoms with Gasteiger partial charge in [-0.2, -0.15) is 9.50 Å². The zero-order valence-electron chi connectivity index (χ0n) is 9.84. The summed E-state index contributed by atoms with van der Waals surface area (Å²) in [5, 5.41) is 4.38. The van der Waals surface area contributed by atoms with E-state index in [1.54, 1.807) is 22.8 Å². The van der Waals surface area contributed by atoms with E-state index in [0.29, 0.717) is 5.78 Å². The van der Waals surface area contributed by atoms with Gasteiger partial charge in [0.2, 0.25) is 0 Å². The number of hydrogen-bond donors (Lipinski definition) is 0. The summed E-state index contributed by atoms with van der Waals surface area (Å²) in [6.07, 6.45) is 2.44. The van der Waals surface area contributed by atoms with E-state index in [1.807, 2.05) is 13.0 Å².